The Balaban J connectivity index is 1.85. The molecule has 0 radical (unpaired) electrons. The summed E-state index contributed by atoms with van der Waals surface area (Å²) in [5.74, 6) is 0.960. The molecule has 1 aliphatic carbocycles. The molecule has 140 valence electrons. The number of benzene rings is 1. The van der Waals surface area contributed by atoms with Crippen molar-refractivity contribution in [2.75, 3.05) is 0 Å². The van der Waals surface area contributed by atoms with E-state index in [1.54, 1.807) is 6.92 Å². The van der Waals surface area contributed by atoms with Gasteiger partial charge >= 0.3 is 5.97 Å². The highest BCUT2D eigenvalue weighted by atomic mass is 16.5. The van der Waals surface area contributed by atoms with Crippen LogP contribution in [0.5, 0.6) is 5.75 Å². The molecule has 2 aromatic rings. The van der Waals surface area contributed by atoms with E-state index in [4.69, 9.17) is 4.74 Å². The first-order valence-electron chi connectivity index (χ1n) is 9.56. The van der Waals surface area contributed by atoms with Gasteiger partial charge in [-0.2, -0.15) is 0 Å². The molecule has 4 heteroatoms. The third-order valence-corrected chi connectivity index (χ3v) is 5.65. The third kappa shape index (κ3) is 3.64. The minimum atomic E-state index is -0.428. The van der Waals surface area contributed by atoms with Crippen LogP contribution in [0.1, 0.15) is 56.1 Å². The average Bonchev–Trinajstić information content (AvgIpc) is 2.90. The van der Waals surface area contributed by atoms with Crippen molar-refractivity contribution in [2.24, 2.45) is 17.8 Å². The molecule has 1 aromatic heterocycles. The third-order valence-electron chi connectivity index (χ3n) is 5.65. The molecule has 3 rings (SSSR count). The number of hydrogen-bond donors (Lipinski definition) is 2. The van der Waals surface area contributed by atoms with Crippen LogP contribution in [0.25, 0.3) is 11.3 Å². The van der Waals surface area contributed by atoms with E-state index in [1.807, 2.05) is 30.3 Å². The molecule has 1 fully saturated rings. The molecular formula is C22H29NO3. The summed E-state index contributed by atoms with van der Waals surface area (Å²) in [6, 6.07) is 9.52. The maximum absolute atomic E-state index is 12.9. The smallest absolute Gasteiger partial charge is 0.344 e. The molecule has 26 heavy (non-hydrogen) atoms. The van der Waals surface area contributed by atoms with Crippen LogP contribution < -0.4 is 0 Å². The summed E-state index contributed by atoms with van der Waals surface area (Å²) in [5.41, 5.74) is 2.30. The van der Waals surface area contributed by atoms with Gasteiger partial charge in [0.05, 0.1) is 5.69 Å². The van der Waals surface area contributed by atoms with Crippen LogP contribution in [0.3, 0.4) is 0 Å². The van der Waals surface area contributed by atoms with Crippen molar-refractivity contribution in [3.05, 3.63) is 41.6 Å². The highest BCUT2D eigenvalue weighted by molar-refractivity contribution is 5.97. The van der Waals surface area contributed by atoms with Gasteiger partial charge in [0.15, 0.2) is 5.75 Å². The first kappa shape index (κ1) is 18.6. The number of hydrogen-bond acceptors (Lipinski definition) is 3. The number of H-pyrrole nitrogens is 1. The Kier molecular flexibility index (Phi) is 5.40. The topological polar surface area (TPSA) is 62.3 Å². The molecular weight excluding hydrogens is 326 g/mol. The fraction of sp³-hybridized carbons (Fsp3) is 0.500. The van der Waals surface area contributed by atoms with Gasteiger partial charge in [-0.15, -0.1) is 0 Å². The van der Waals surface area contributed by atoms with Crippen molar-refractivity contribution in [1.82, 2.24) is 4.98 Å². The van der Waals surface area contributed by atoms with Crippen LogP contribution in [0.15, 0.2) is 30.3 Å². The van der Waals surface area contributed by atoms with Gasteiger partial charge in [-0.3, -0.25) is 0 Å². The van der Waals surface area contributed by atoms with Crippen molar-refractivity contribution in [1.29, 1.82) is 0 Å². The van der Waals surface area contributed by atoms with Gasteiger partial charge in [0.1, 0.15) is 11.7 Å². The summed E-state index contributed by atoms with van der Waals surface area (Å²) in [6.07, 6.45) is 3.08. The standard InChI is InChI=1S/C22H29NO3/c1-13(2)17-11-10-14(3)12-18(17)26-22(25)19-15(4)23-20(21(19)24)16-8-6-5-7-9-16/h5-9,13-14,17-18,23-24H,10-12H2,1-4H3/t14-,17+,18-/m0/s1. The normalized spacial score (nSPS) is 23.2. The Morgan fingerprint density at radius 2 is 1.92 bits per heavy atom. The molecule has 0 bridgehead atoms. The van der Waals surface area contributed by atoms with E-state index in [0.29, 0.717) is 29.1 Å². The lowest BCUT2D eigenvalue weighted by Crippen LogP contribution is -2.35. The van der Waals surface area contributed by atoms with Crippen molar-refractivity contribution < 1.29 is 14.6 Å². The number of aromatic nitrogens is 1. The number of carbonyl (C=O) groups is 1. The molecule has 1 heterocycles. The lowest BCUT2D eigenvalue weighted by Gasteiger charge is -2.36. The predicted molar refractivity (Wildman–Crippen MR) is 103 cm³/mol. The van der Waals surface area contributed by atoms with Gasteiger partial charge in [0, 0.05) is 11.3 Å². The van der Waals surface area contributed by atoms with Crippen molar-refractivity contribution >= 4 is 5.97 Å². The lowest BCUT2D eigenvalue weighted by atomic mass is 9.75. The summed E-state index contributed by atoms with van der Waals surface area (Å²) >= 11 is 0. The zero-order valence-electron chi connectivity index (χ0n) is 16.1. The van der Waals surface area contributed by atoms with E-state index < -0.39 is 5.97 Å². The zero-order valence-corrected chi connectivity index (χ0v) is 16.1. The number of esters is 1. The zero-order chi connectivity index (χ0) is 18.8. The fourth-order valence-electron chi connectivity index (χ4n) is 4.12. The van der Waals surface area contributed by atoms with Gasteiger partial charge in [-0.1, -0.05) is 57.5 Å². The Labute approximate surface area is 155 Å². The molecule has 1 aromatic carbocycles. The Morgan fingerprint density at radius 1 is 1.23 bits per heavy atom. The average molecular weight is 355 g/mol. The summed E-state index contributed by atoms with van der Waals surface area (Å²) in [7, 11) is 0. The van der Waals surface area contributed by atoms with Crippen molar-refractivity contribution in [3.63, 3.8) is 0 Å². The van der Waals surface area contributed by atoms with Crippen LogP contribution in [0.2, 0.25) is 0 Å². The molecule has 1 aliphatic rings. The van der Waals surface area contributed by atoms with E-state index in [1.165, 1.54) is 6.42 Å². The summed E-state index contributed by atoms with van der Waals surface area (Å²) < 4.78 is 5.91. The summed E-state index contributed by atoms with van der Waals surface area (Å²) in [5, 5.41) is 10.7. The number of nitrogens with one attached hydrogen (secondary N) is 1. The maximum atomic E-state index is 12.9. The molecule has 0 saturated heterocycles. The summed E-state index contributed by atoms with van der Waals surface area (Å²) in [6.45, 7) is 8.39. The van der Waals surface area contributed by atoms with Crippen molar-refractivity contribution in [2.45, 2.75) is 53.1 Å². The maximum Gasteiger partial charge on any atom is 0.344 e. The fourth-order valence-corrected chi connectivity index (χ4v) is 4.12. The number of aromatic amines is 1. The van der Waals surface area contributed by atoms with Gasteiger partial charge in [0.25, 0.3) is 0 Å². The molecule has 0 unspecified atom stereocenters. The number of aromatic hydroxyl groups is 1. The number of aryl methyl sites for hydroxylation is 1. The lowest BCUT2D eigenvalue weighted by molar-refractivity contribution is -0.0176. The second-order valence-electron chi connectivity index (χ2n) is 7.98. The minimum absolute atomic E-state index is 0.0244. The SMILES string of the molecule is Cc1[nH]c(-c2ccccc2)c(O)c1C(=O)O[C@H]1C[C@@H](C)CC[C@@H]1C(C)C. The molecule has 0 amide bonds. The molecule has 3 atom stereocenters. The van der Waals surface area contributed by atoms with E-state index >= 15 is 0 Å². The quantitative estimate of drug-likeness (QED) is 0.730. The van der Waals surface area contributed by atoms with Gasteiger partial charge in [-0.05, 0) is 37.5 Å². The highest BCUT2D eigenvalue weighted by Gasteiger charge is 2.35. The number of ether oxygens (including phenoxy) is 1. The first-order valence-corrected chi connectivity index (χ1v) is 9.56. The highest BCUT2D eigenvalue weighted by Crippen LogP contribution is 2.38. The minimum Gasteiger partial charge on any atom is -0.505 e. The monoisotopic (exact) mass is 355 g/mol. The summed E-state index contributed by atoms with van der Waals surface area (Å²) in [4.78, 5) is 16.0. The second-order valence-corrected chi connectivity index (χ2v) is 7.98. The van der Waals surface area contributed by atoms with Crippen molar-refractivity contribution in [3.8, 4) is 17.0 Å². The van der Waals surface area contributed by atoms with E-state index in [0.717, 1.165) is 18.4 Å². The van der Waals surface area contributed by atoms with Gasteiger partial charge in [0.2, 0.25) is 0 Å². The first-order chi connectivity index (χ1) is 12.4. The van der Waals surface area contributed by atoms with E-state index in [-0.39, 0.29) is 17.4 Å². The second kappa shape index (κ2) is 7.56. The van der Waals surface area contributed by atoms with Gasteiger partial charge < -0.3 is 14.8 Å². The van der Waals surface area contributed by atoms with Crippen LogP contribution in [-0.2, 0) is 4.74 Å². The molecule has 1 saturated carbocycles. The van der Waals surface area contributed by atoms with Crippen LogP contribution in [-0.4, -0.2) is 22.2 Å². The molecule has 4 nitrogen and oxygen atoms in total. The van der Waals surface area contributed by atoms with Crippen LogP contribution in [0.4, 0.5) is 0 Å². The predicted octanol–water partition coefficient (Wildman–Crippen LogP) is 5.31. The molecule has 0 spiro atoms. The van der Waals surface area contributed by atoms with E-state index in [9.17, 15) is 9.90 Å². The Hall–Kier alpha value is -2.23. The Bertz CT molecular complexity index is 763. The van der Waals surface area contributed by atoms with Crippen LogP contribution >= 0.6 is 0 Å². The van der Waals surface area contributed by atoms with Gasteiger partial charge in [-0.25, -0.2) is 4.79 Å². The number of carbonyl (C=O) groups excluding carboxylic acids is 1. The van der Waals surface area contributed by atoms with Crippen LogP contribution in [0, 0.1) is 24.7 Å². The largest absolute Gasteiger partial charge is 0.505 e. The molecule has 2 N–H and O–H groups in total. The van der Waals surface area contributed by atoms with E-state index in [2.05, 4.69) is 25.8 Å². The number of rotatable bonds is 4. The Morgan fingerprint density at radius 3 is 2.58 bits per heavy atom. The molecule has 0 aliphatic heterocycles.